The first-order valence-corrected chi connectivity index (χ1v) is 8.56. The first kappa shape index (κ1) is 16.9. The van der Waals surface area contributed by atoms with Crippen LogP contribution in [0.1, 0.15) is 10.5 Å². The van der Waals surface area contributed by atoms with Crippen LogP contribution in [0, 0.1) is 0 Å². The Morgan fingerprint density at radius 3 is 2.48 bits per heavy atom. The lowest BCUT2D eigenvalue weighted by Crippen LogP contribution is -2.14. The van der Waals surface area contributed by atoms with Gasteiger partial charge >= 0.3 is 0 Å². The lowest BCUT2D eigenvalue weighted by Gasteiger charge is -2.09. The molecule has 0 radical (unpaired) electrons. The summed E-state index contributed by atoms with van der Waals surface area (Å²) < 4.78 is 0. The second-order valence-electron chi connectivity index (χ2n) is 5.75. The number of rotatable bonds is 4. The largest absolute Gasteiger partial charge is 0.337 e. The molecule has 1 amide bonds. The van der Waals surface area contributed by atoms with Crippen LogP contribution in [-0.2, 0) is 0 Å². The highest BCUT2D eigenvalue weighted by atomic mass is 35.5. The lowest BCUT2D eigenvalue weighted by atomic mass is 10.2. The van der Waals surface area contributed by atoms with Gasteiger partial charge in [0.15, 0.2) is 0 Å². The molecule has 0 fully saturated rings. The average Bonchev–Trinajstić information content (AvgIpc) is 2.70. The van der Waals surface area contributed by atoms with E-state index in [0.717, 1.165) is 16.6 Å². The normalized spacial score (nSPS) is 10.6. The number of hydrogen-bond acceptors (Lipinski definition) is 5. The summed E-state index contributed by atoms with van der Waals surface area (Å²) in [5.74, 6) is 0.180. The van der Waals surface area contributed by atoms with Crippen molar-refractivity contribution < 1.29 is 4.79 Å². The van der Waals surface area contributed by atoms with E-state index in [1.165, 1.54) is 12.4 Å². The van der Waals surface area contributed by atoms with Gasteiger partial charge in [0.1, 0.15) is 11.5 Å². The minimum absolute atomic E-state index is 0.214. The molecule has 0 unspecified atom stereocenters. The highest BCUT2D eigenvalue weighted by Gasteiger charge is 2.09. The Kier molecular flexibility index (Phi) is 4.63. The first-order chi connectivity index (χ1) is 13.2. The fourth-order valence-corrected chi connectivity index (χ4v) is 2.71. The lowest BCUT2D eigenvalue weighted by molar-refractivity contribution is 0.102. The van der Waals surface area contributed by atoms with Gasteiger partial charge in [0, 0.05) is 22.3 Å². The number of hydrogen-bond donors (Lipinski definition) is 2. The molecule has 0 bridgehead atoms. The number of fused-ring (bicyclic) bond motifs is 1. The summed E-state index contributed by atoms with van der Waals surface area (Å²) in [6.45, 7) is 0. The fourth-order valence-electron chi connectivity index (χ4n) is 2.58. The van der Waals surface area contributed by atoms with Crippen molar-refractivity contribution in [3.63, 3.8) is 0 Å². The van der Waals surface area contributed by atoms with Gasteiger partial charge in [-0.15, -0.1) is 0 Å². The summed E-state index contributed by atoms with van der Waals surface area (Å²) in [5, 5.41) is 7.56. The van der Waals surface area contributed by atoms with Gasteiger partial charge in [-0.3, -0.25) is 9.78 Å². The molecule has 0 aliphatic rings. The summed E-state index contributed by atoms with van der Waals surface area (Å²) in [6.07, 6.45) is 4.67. The summed E-state index contributed by atoms with van der Waals surface area (Å²) in [6, 6.07) is 16.6. The standard InChI is InChI=1S/C20H14ClN5O/c21-14-6-8-15(9-7-14)25-20(27)17-11-24-18(12-23-17)26-16-5-1-3-13-4-2-10-22-19(13)16/h1-12H,(H,24,26)(H,25,27). The van der Waals surface area contributed by atoms with Crippen LogP contribution in [0.4, 0.5) is 17.2 Å². The van der Waals surface area contributed by atoms with E-state index in [4.69, 9.17) is 11.6 Å². The van der Waals surface area contributed by atoms with Gasteiger partial charge in [-0.1, -0.05) is 29.8 Å². The van der Waals surface area contributed by atoms with Crippen LogP contribution in [0.2, 0.25) is 5.02 Å². The van der Waals surface area contributed by atoms with E-state index in [9.17, 15) is 4.79 Å². The molecule has 6 nitrogen and oxygen atoms in total. The topological polar surface area (TPSA) is 79.8 Å². The zero-order valence-corrected chi connectivity index (χ0v) is 14.8. The number of halogens is 1. The highest BCUT2D eigenvalue weighted by molar-refractivity contribution is 6.30. The molecule has 2 heterocycles. The zero-order valence-electron chi connectivity index (χ0n) is 14.1. The number of carbonyl (C=O) groups is 1. The summed E-state index contributed by atoms with van der Waals surface area (Å²) in [7, 11) is 0. The molecule has 27 heavy (non-hydrogen) atoms. The van der Waals surface area contributed by atoms with Crippen LogP contribution in [-0.4, -0.2) is 20.9 Å². The third-order valence-corrected chi connectivity index (χ3v) is 4.13. The van der Waals surface area contributed by atoms with Crippen LogP contribution in [0.5, 0.6) is 0 Å². The minimum atomic E-state index is -0.344. The molecule has 0 aliphatic heterocycles. The van der Waals surface area contributed by atoms with Crippen LogP contribution in [0.25, 0.3) is 10.9 Å². The van der Waals surface area contributed by atoms with Gasteiger partial charge in [0.05, 0.1) is 23.6 Å². The SMILES string of the molecule is O=C(Nc1ccc(Cl)cc1)c1cnc(Nc2cccc3cccnc23)cn1. The zero-order chi connectivity index (χ0) is 18.6. The van der Waals surface area contributed by atoms with Crippen molar-refractivity contribution in [2.45, 2.75) is 0 Å². The number of benzene rings is 2. The molecule has 0 spiro atoms. The number of para-hydroxylation sites is 1. The second kappa shape index (κ2) is 7.39. The molecule has 2 aromatic heterocycles. The monoisotopic (exact) mass is 375 g/mol. The van der Waals surface area contributed by atoms with Crippen molar-refractivity contribution in [1.82, 2.24) is 15.0 Å². The average molecular weight is 376 g/mol. The van der Waals surface area contributed by atoms with E-state index in [1.54, 1.807) is 30.5 Å². The Morgan fingerprint density at radius 1 is 0.889 bits per heavy atom. The number of nitrogens with zero attached hydrogens (tertiary/aromatic N) is 3. The van der Waals surface area contributed by atoms with Crippen molar-refractivity contribution in [2.24, 2.45) is 0 Å². The molecular formula is C20H14ClN5O. The molecule has 0 saturated heterocycles. The van der Waals surface area contributed by atoms with Crippen molar-refractivity contribution in [2.75, 3.05) is 10.6 Å². The molecule has 7 heteroatoms. The van der Waals surface area contributed by atoms with Crippen LogP contribution in [0.15, 0.2) is 73.2 Å². The van der Waals surface area contributed by atoms with Crippen molar-refractivity contribution in [3.8, 4) is 0 Å². The molecular weight excluding hydrogens is 362 g/mol. The highest BCUT2D eigenvalue weighted by Crippen LogP contribution is 2.23. The molecule has 0 saturated carbocycles. The Bertz CT molecular complexity index is 1090. The maximum absolute atomic E-state index is 12.3. The van der Waals surface area contributed by atoms with E-state index in [0.29, 0.717) is 16.5 Å². The van der Waals surface area contributed by atoms with E-state index in [1.807, 2.05) is 30.3 Å². The minimum Gasteiger partial charge on any atom is -0.337 e. The Balaban J connectivity index is 1.50. The summed E-state index contributed by atoms with van der Waals surface area (Å²) >= 11 is 5.84. The maximum Gasteiger partial charge on any atom is 0.275 e. The van der Waals surface area contributed by atoms with E-state index >= 15 is 0 Å². The first-order valence-electron chi connectivity index (χ1n) is 8.19. The van der Waals surface area contributed by atoms with Gasteiger partial charge < -0.3 is 10.6 Å². The predicted octanol–water partition coefficient (Wildman–Crippen LogP) is 4.67. The Labute approximate surface area is 160 Å². The van der Waals surface area contributed by atoms with Gasteiger partial charge in [-0.2, -0.15) is 0 Å². The van der Waals surface area contributed by atoms with Crippen LogP contribution in [0.3, 0.4) is 0 Å². The number of amides is 1. The van der Waals surface area contributed by atoms with Crippen LogP contribution >= 0.6 is 11.6 Å². The number of carbonyl (C=O) groups excluding carboxylic acids is 1. The quantitative estimate of drug-likeness (QED) is 0.541. The molecule has 2 aromatic carbocycles. The molecule has 0 atom stereocenters. The van der Waals surface area contributed by atoms with Gasteiger partial charge in [0.2, 0.25) is 0 Å². The molecule has 4 aromatic rings. The third kappa shape index (κ3) is 3.86. The van der Waals surface area contributed by atoms with E-state index in [-0.39, 0.29) is 11.6 Å². The molecule has 0 aliphatic carbocycles. The number of anilines is 3. The maximum atomic E-state index is 12.3. The van der Waals surface area contributed by atoms with Crippen molar-refractivity contribution in [1.29, 1.82) is 0 Å². The molecule has 4 rings (SSSR count). The van der Waals surface area contributed by atoms with E-state index < -0.39 is 0 Å². The summed E-state index contributed by atoms with van der Waals surface area (Å²) in [4.78, 5) is 25.1. The van der Waals surface area contributed by atoms with E-state index in [2.05, 4.69) is 25.6 Å². The van der Waals surface area contributed by atoms with Gasteiger partial charge in [-0.05, 0) is 36.4 Å². The van der Waals surface area contributed by atoms with Crippen LogP contribution < -0.4 is 10.6 Å². The van der Waals surface area contributed by atoms with Crippen molar-refractivity contribution in [3.05, 3.63) is 83.9 Å². The Morgan fingerprint density at radius 2 is 1.70 bits per heavy atom. The predicted molar refractivity (Wildman–Crippen MR) is 106 cm³/mol. The number of pyridine rings is 1. The van der Waals surface area contributed by atoms with Gasteiger partial charge in [-0.25, -0.2) is 9.97 Å². The molecule has 2 N–H and O–H groups in total. The van der Waals surface area contributed by atoms with Gasteiger partial charge in [0.25, 0.3) is 5.91 Å². The second-order valence-corrected chi connectivity index (χ2v) is 6.19. The summed E-state index contributed by atoms with van der Waals surface area (Å²) in [5.41, 5.74) is 2.51. The third-order valence-electron chi connectivity index (χ3n) is 3.88. The fraction of sp³-hybridized carbons (Fsp3) is 0. The molecule has 132 valence electrons. The smallest absolute Gasteiger partial charge is 0.275 e. The van der Waals surface area contributed by atoms with Crippen molar-refractivity contribution >= 4 is 45.6 Å². The Hall–Kier alpha value is -3.51. The number of aromatic nitrogens is 3. The number of nitrogens with one attached hydrogen (secondary N) is 2.